The monoisotopic (exact) mass is 282 g/mol. The number of nitrogens with zero attached hydrogens (tertiary/aromatic N) is 1. The van der Waals surface area contributed by atoms with E-state index in [0.717, 1.165) is 11.3 Å². The standard InChI is InChI=1S/C13H12Cl2N2O/c14-11-4-3-10(6-12(11)15)18-8-13-9(7-16)2-1-5-17-13/h1-6H,7-8,16H2. The third kappa shape index (κ3) is 3.13. The molecule has 0 spiro atoms. The number of hydrogen-bond acceptors (Lipinski definition) is 3. The summed E-state index contributed by atoms with van der Waals surface area (Å²) in [7, 11) is 0. The van der Waals surface area contributed by atoms with Gasteiger partial charge in [-0.1, -0.05) is 29.3 Å². The van der Waals surface area contributed by atoms with Crippen molar-refractivity contribution in [3.8, 4) is 5.75 Å². The fourth-order valence-electron chi connectivity index (χ4n) is 1.51. The van der Waals surface area contributed by atoms with Crippen LogP contribution in [-0.2, 0) is 13.2 Å². The minimum absolute atomic E-state index is 0.353. The molecular weight excluding hydrogens is 271 g/mol. The van der Waals surface area contributed by atoms with Crippen molar-refractivity contribution in [2.75, 3.05) is 0 Å². The quantitative estimate of drug-likeness (QED) is 0.935. The summed E-state index contributed by atoms with van der Waals surface area (Å²) >= 11 is 11.7. The molecule has 1 aromatic heterocycles. The lowest BCUT2D eigenvalue weighted by atomic mass is 10.2. The van der Waals surface area contributed by atoms with E-state index in [2.05, 4.69) is 4.98 Å². The fraction of sp³-hybridized carbons (Fsp3) is 0.154. The maximum atomic E-state index is 5.91. The van der Waals surface area contributed by atoms with E-state index in [-0.39, 0.29) is 0 Å². The highest BCUT2D eigenvalue weighted by Crippen LogP contribution is 2.26. The van der Waals surface area contributed by atoms with Crippen LogP contribution in [-0.4, -0.2) is 4.98 Å². The first kappa shape index (κ1) is 13.1. The Morgan fingerprint density at radius 1 is 1.17 bits per heavy atom. The first-order valence-corrected chi connectivity index (χ1v) is 6.17. The number of nitrogens with two attached hydrogens (primary N) is 1. The van der Waals surface area contributed by atoms with Gasteiger partial charge in [0.25, 0.3) is 0 Å². The first-order chi connectivity index (χ1) is 8.70. The zero-order valence-corrected chi connectivity index (χ0v) is 11.1. The van der Waals surface area contributed by atoms with Crippen molar-refractivity contribution in [1.29, 1.82) is 0 Å². The Kier molecular flexibility index (Phi) is 4.42. The molecular formula is C13H12Cl2N2O. The van der Waals surface area contributed by atoms with Crippen LogP contribution in [0.3, 0.4) is 0 Å². The number of halogens is 2. The highest BCUT2D eigenvalue weighted by Gasteiger charge is 2.04. The molecule has 3 nitrogen and oxygen atoms in total. The van der Waals surface area contributed by atoms with Gasteiger partial charge in [-0.15, -0.1) is 0 Å². The topological polar surface area (TPSA) is 48.1 Å². The van der Waals surface area contributed by atoms with Gasteiger partial charge in [-0.3, -0.25) is 4.98 Å². The van der Waals surface area contributed by atoms with Crippen LogP contribution in [0.4, 0.5) is 0 Å². The number of aromatic nitrogens is 1. The number of rotatable bonds is 4. The molecule has 1 aromatic carbocycles. The number of ether oxygens (including phenoxy) is 1. The lowest BCUT2D eigenvalue weighted by molar-refractivity contribution is 0.300. The molecule has 5 heteroatoms. The Hall–Kier alpha value is -1.29. The van der Waals surface area contributed by atoms with Crippen LogP contribution in [0.15, 0.2) is 36.5 Å². The minimum atomic E-state index is 0.353. The Labute approximate surface area is 115 Å². The summed E-state index contributed by atoms with van der Waals surface area (Å²) in [5.74, 6) is 0.651. The predicted octanol–water partition coefficient (Wildman–Crippen LogP) is 3.43. The maximum absolute atomic E-state index is 5.91. The highest BCUT2D eigenvalue weighted by atomic mass is 35.5. The van der Waals surface area contributed by atoms with Crippen molar-refractivity contribution in [1.82, 2.24) is 4.98 Å². The third-order valence-corrected chi connectivity index (χ3v) is 3.21. The van der Waals surface area contributed by atoms with E-state index >= 15 is 0 Å². The zero-order chi connectivity index (χ0) is 13.0. The van der Waals surface area contributed by atoms with Crippen LogP contribution in [0.25, 0.3) is 0 Å². The number of benzene rings is 1. The van der Waals surface area contributed by atoms with Crippen LogP contribution in [0, 0.1) is 0 Å². The summed E-state index contributed by atoms with van der Waals surface area (Å²) in [6, 6.07) is 8.92. The molecule has 0 atom stereocenters. The summed E-state index contributed by atoms with van der Waals surface area (Å²) in [4.78, 5) is 4.24. The maximum Gasteiger partial charge on any atom is 0.131 e. The SMILES string of the molecule is NCc1cccnc1COc1ccc(Cl)c(Cl)c1. The van der Waals surface area contributed by atoms with Crippen molar-refractivity contribution in [3.63, 3.8) is 0 Å². The van der Waals surface area contributed by atoms with Gasteiger partial charge in [-0.05, 0) is 23.8 Å². The third-order valence-electron chi connectivity index (χ3n) is 2.47. The largest absolute Gasteiger partial charge is 0.487 e. The van der Waals surface area contributed by atoms with E-state index in [1.165, 1.54) is 0 Å². The van der Waals surface area contributed by atoms with Crippen molar-refractivity contribution in [3.05, 3.63) is 57.8 Å². The molecule has 0 aliphatic rings. The van der Waals surface area contributed by atoms with Crippen LogP contribution >= 0.6 is 23.2 Å². The van der Waals surface area contributed by atoms with E-state index in [0.29, 0.717) is 28.9 Å². The van der Waals surface area contributed by atoms with Gasteiger partial charge in [0, 0.05) is 18.8 Å². The average Bonchev–Trinajstić information content (AvgIpc) is 2.40. The fourth-order valence-corrected chi connectivity index (χ4v) is 1.79. The minimum Gasteiger partial charge on any atom is -0.487 e. The summed E-state index contributed by atoms with van der Waals surface area (Å²) in [6.45, 7) is 0.791. The van der Waals surface area contributed by atoms with E-state index in [1.807, 2.05) is 12.1 Å². The molecule has 0 saturated heterocycles. The van der Waals surface area contributed by atoms with Gasteiger partial charge in [0.1, 0.15) is 12.4 Å². The summed E-state index contributed by atoms with van der Waals surface area (Å²) in [5, 5.41) is 0.971. The van der Waals surface area contributed by atoms with Crippen molar-refractivity contribution >= 4 is 23.2 Å². The Bertz CT molecular complexity index is 546. The molecule has 0 fully saturated rings. The Morgan fingerprint density at radius 3 is 2.72 bits per heavy atom. The van der Waals surface area contributed by atoms with E-state index in [9.17, 15) is 0 Å². The molecule has 0 aliphatic heterocycles. The van der Waals surface area contributed by atoms with Gasteiger partial charge >= 0.3 is 0 Å². The Morgan fingerprint density at radius 2 is 2.00 bits per heavy atom. The van der Waals surface area contributed by atoms with Gasteiger partial charge in [-0.2, -0.15) is 0 Å². The molecule has 94 valence electrons. The van der Waals surface area contributed by atoms with Gasteiger partial charge in [0.2, 0.25) is 0 Å². The van der Waals surface area contributed by atoms with Crippen molar-refractivity contribution < 1.29 is 4.74 Å². The second kappa shape index (κ2) is 6.05. The van der Waals surface area contributed by atoms with E-state index in [1.54, 1.807) is 24.4 Å². The summed E-state index contributed by atoms with van der Waals surface area (Å²) in [5.41, 5.74) is 7.42. The first-order valence-electron chi connectivity index (χ1n) is 5.41. The predicted molar refractivity (Wildman–Crippen MR) is 72.9 cm³/mol. The molecule has 1 heterocycles. The van der Waals surface area contributed by atoms with Crippen LogP contribution in [0.1, 0.15) is 11.3 Å². The smallest absolute Gasteiger partial charge is 0.131 e. The zero-order valence-electron chi connectivity index (χ0n) is 9.57. The molecule has 0 radical (unpaired) electrons. The van der Waals surface area contributed by atoms with Gasteiger partial charge in [0.05, 0.1) is 15.7 Å². The molecule has 0 aliphatic carbocycles. The molecule has 18 heavy (non-hydrogen) atoms. The second-order valence-electron chi connectivity index (χ2n) is 3.68. The van der Waals surface area contributed by atoms with Gasteiger partial charge in [0.15, 0.2) is 0 Å². The summed E-state index contributed by atoms with van der Waals surface area (Å²) in [6.07, 6.45) is 1.71. The molecule has 0 bridgehead atoms. The van der Waals surface area contributed by atoms with Crippen molar-refractivity contribution in [2.45, 2.75) is 13.2 Å². The van der Waals surface area contributed by atoms with E-state index in [4.69, 9.17) is 33.7 Å². The molecule has 0 saturated carbocycles. The lowest BCUT2D eigenvalue weighted by Gasteiger charge is -2.09. The number of pyridine rings is 1. The normalized spacial score (nSPS) is 10.4. The Balaban J connectivity index is 2.09. The highest BCUT2D eigenvalue weighted by molar-refractivity contribution is 6.42. The van der Waals surface area contributed by atoms with Crippen LogP contribution < -0.4 is 10.5 Å². The molecule has 0 amide bonds. The average molecular weight is 283 g/mol. The second-order valence-corrected chi connectivity index (χ2v) is 4.49. The lowest BCUT2D eigenvalue weighted by Crippen LogP contribution is -2.06. The summed E-state index contributed by atoms with van der Waals surface area (Å²) < 4.78 is 5.61. The van der Waals surface area contributed by atoms with Crippen molar-refractivity contribution in [2.24, 2.45) is 5.73 Å². The molecule has 2 aromatic rings. The van der Waals surface area contributed by atoms with E-state index < -0.39 is 0 Å². The van der Waals surface area contributed by atoms with Crippen LogP contribution in [0.5, 0.6) is 5.75 Å². The van der Waals surface area contributed by atoms with Gasteiger partial charge < -0.3 is 10.5 Å². The van der Waals surface area contributed by atoms with Crippen LogP contribution in [0.2, 0.25) is 10.0 Å². The molecule has 2 N–H and O–H groups in total. The number of hydrogen-bond donors (Lipinski definition) is 1. The molecule has 0 unspecified atom stereocenters. The van der Waals surface area contributed by atoms with Gasteiger partial charge in [-0.25, -0.2) is 0 Å². The molecule has 2 rings (SSSR count).